The Morgan fingerprint density at radius 3 is 2.37 bits per heavy atom. The third-order valence-corrected chi connectivity index (χ3v) is 2.29. The van der Waals surface area contributed by atoms with Gasteiger partial charge in [-0.1, -0.05) is 0 Å². The second-order valence-corrected chi connectivity index (χ2v) is 3.44. The molecule has 8 heteroatoms. The third-order valence-electron chi connectivity index (χ3n) is 2.29. The summed E-state index contributed by atoms with van der Waals surface area (Å²) in [5.74, 6) is -1.36. The first-order valence-electron chi connectivity index (χ1n) is 5.01. The zero-order chi connectivity index (χ0) is 14.4. The maximum atomic E-state index is 11.1. The lowest BCUT2D eigenvalue weighted by Crippen LogP contribution is -2.25. The van der Waals surface area contributed by atoms with E-state index < -0.39 is 10.9 Å². The number of benzene rings is 1. The van der Waals surface area contributed by atoms with Gasteiger partial charge in [-0.05, 0) is 6.07 Å². The van der Waals surface area contributed by atoms with Gasteiger partial charge in [0.2, 0.25) is 0 Å². The Labute approximate surface area is 107 Å². The molecule has 0 heterocycles. The lowest BCUT2D eigenvalue weighted by Gasteiger charge is -2.19. The van der Waals surface area contributed by atoms with Crippen molar-refractivity contribution < 1.29 is 14.8 Å². The van der Waals surface area contributed by atoms with E-state index in [2.05, 4.69) is 0 Å². The third kappa shape index (κ3) is 3.17. The van der Waals surface area contributed by atoms with Crippen LogP contribution in [-0.2, 0) is 0 Å². The van der Waals surface area contributed by atoms with Gasteiger partial charge >= 0.3 is 5.97 Å². The van der Waals surface area contributed by atoms with Gasteiger partial charge in [-0.15, -0.1) is 0 Å². The largest absolute Gasteiger partial charge is 0.478 e. The fourth-order valence-corrected chi connectivity index (χ4v) is 1.48. The van der Waals surface area contributed by atoms with Gasteiger partial charge in [-0.25, -0.2) is 4.79 Å². The van der Waals surface area contributed by atoms with Gasteiger partial charge in [0.05, 0.1) is 28.3 Å². The molecule has 0 aliphatic carbocycles. The molecule has 0 unspecified atom stereocenters. The average Bonchev–Trinajstić information content (AvgIpc) is 2.37. The lowest BCUT2D eigenvalue weighted by atomic mass is 10.1. The molecule has 1 aromatic rings. The van der Waals surface area contributed by atoms with Crippen molar-refractivity contribution in [3.05, 3.63) is 33.9 Å². The number of rotatable bonds is 5. The predicted molar refractivity (Wildman–Crippen MR) is 63.5 cm³/mol. The van der Waals surface area contributed by atoms with E-state index in [0.717, 1.165) is 12.1 Å². The Morgan fingerprint density at radius 2 is 1.95 bits per heavy atom. The SMILES string of the molecule is N#CCN(CC#N)c1ccc([N+](=O)[O-])cc1C(=O)O. The number of nitro groups is 1. The van der Waals surface area contributed by atoms with Crippen LogP contribution in [0.15, 0.2) is 18.2 Å². The molecule has 0 fully saturated rings. The highest BCUT2D eigenvalue weighted by molar-refractivity contribution is 5.95. The minimum absolute atomic E-state index is 0.0983. The molecule has 0 atom stereocenters. The van der Waals surface area contributed by atoms with Crippen LogP contribution in [-0.4, -0.2) is 29.1 Å². The number of carboxylic acids is 1. The van der Waals surface area contributed by atoms with E-state index in [1.165, 1.54) is 11.0 Å². The molecular formula is C11H8N4O4. The van der Waals surface area contributed by atoms with Crippen molar-refractivity contribution in [2.75, 3.05) is 18.0 Å². The molecule has 1 rings (SSSR count). The van der Waals surface area contributed by atoms with Crippen molar-refractivity contribution in [2.45, 2.75) is 0 Å². The summed E-state index contributed by atoms with van der Waals surface area (Å²) in [5.41, 5.74) is -0.587. The minimum atomic E-state index is -1.36. The molecule has 0 amide bonds. The van der Waals surface area contributed by atoms with E-state index in [9.17, 15) is 14.9 Å². The van der Waals surface area contributed by atoms with Gasteiger partial charge in [-0.2, -0.15) is 10.5 Å². The monoisotopic (exact) mass is 260 g/mol. The molecule has 0 aromatic heterocycles. The lowest BCUT2D eigenvalue weighted by molar-refractivity contribution is -0.384. The Bertz CT molecular complexity index is 584. The Morgan fingerprint density at radius 1 is 1.37 bits per heavy atom. The summed E-state index contributed by atoms with van der Waals surface area (Å²) in [6.45, 7) is -0.378. The molecule has 19 heavy (non-hydrogen) atoms. The predicted octanol–water partition coefficient (Wildman–Crippen LogP) is 1.15. The molecule has 96 valence electrons. The molecule has 0 saturated heterocycles. The highest BCUT2D eigenvalue weighted by atomic mass is 16.6. The highest BCUT2D eigenvalue weighted by Crippen LogP contribution is 2.25. The van der Waals surface area contributed by atoms with Crippen molar-refractivity contribution >= 4 is 17.3 Å². The summed E-state index contributed by atoms with van der Waals surface area (Å²) in [5, 5.41) is 36.9. The summed E-state index contributed by atoms with van der Waals surface area (Å²) >= 11 is 0. The summed E-state index contributed by atoms with van der Waals surface area (Å²) in [4.78, 5) is 22.2. The van der Waals surface area contributed by atoms with Crippen LogP contribution in [0.3, 0.4) is 0 Å². The topological polar surface area (TPSA) is 131 Å². The van der Waals surface area contributed by atoms with Crippen LogP contribution in [0.4, 0.5) is 11.4 Å². The van der Waals surface area contributed by atoms with Crippen LogP contribution in [0.1, 0.15) is 10.4 Å². The van der Waals surface area contributed by atoms with Crippen molar-refractivity contribution in [2.24, 2.45) is 0 Å². The molecule has 0 aliphatic rings. The van der Waals surface area contributed by atoms with Crippen LogP contribution in [0, 0.1) is 32.8 Å². The quantitative estimate of drug-likeness (QED) is 0.477. The number of nitriles is 2. The maximum absolute atomic E-state index is 11.1. The zero-order valence-corrected chi connectivity index (χ0v) is 9.61. The van der Waals surface area contributed by atoms with Gasteiger partial charge in [0.15, 0.2) is 0 Å². The van der Waals surface area contributed by atoms with Crippen molar-refractivity contribution in [1.29, 1.82) is 10.5 Å². The number of hydrogen-bond donors (Lipinski definition) is 1. The van der Waals surface area contributed by atoms with E-state index in [0.29, 0.717) is 0 Å². The normalized spacial score (nSPS) is 9.16. The van der Waals surface area contributed by atoms with Gasteiger partial charge < -0.3 is 10.0 Å². The second kappa shape index (κ2) is 5.98. The summed E-state index contributed by atoms with van der Waals surface area (Å²) in [7, 11) is 0. The Kier molecular flexibility index (Phi) is 4.39. The van der Waals surface area contributed by atoms with Crippen molar-refractivity contribution in [3.8, 4) is 12.1 Å². The smallest absolute Gasteiger partial charge is 0.338 e. The number of anilines is 1. The number of non-ortho nitro benzene ring substituents is 1. The first-order chi connectivity index (χ1) is 9.01. The fourth-order valence-electron chi connectivity index (χ4n) is 1.48. The van der Waals surface area contributed by atoms with Gasteiger partial charge in [0, 0.05) is 12.1 Å². The van der Waals surface area contributed by atoms with Crippen LogP contribution >= 0.6 is 0 Å². The summed E-state index contributed by atoms with van der Waals surface area (Å²) in [6, 6.07) is 6.85. The summed E-state index contributed by atoms with van der Waals surface area (Å²) in [6.07, 6.45) is 0. The first-order valence-corrected chi connectivity index (χ1v) is 5.01. The average molecular weight is 260 g/mol. The van der Waals surface area contributed by atoms with Crippen molar-refractivity contribution in [1.82, 2.24) is 0 Å². The van der Waals surface area contributed by atoms with Gasteiger partial charge in [0.25, 0.3) is 5.69 Å². The van der Waals surface area contributed by atoms with Gasteiger partial charge in [-0.3, -0.25) is 10.1 Å². The van der Waals surface area contributed by atoms with E-state index in [4.69, 9.17) is 15.6 Å². The minimum Gasteiger partial charge on any atom is -0.478 e. The van der Waals surface area contributed by atoms with Gasteiger partial charge in [0.1, 0.15) is 13.1 Å². The maximum Gasteiger partial charge on any atom is 0.338 e. The number of nitrogens with zero attached hydrogens (tertiary/aromatic N) is 4. The number of aromatic carboxylic acids is 1. The van der Waals surface area contributed by atoms with E-state index in [1.54, 1.807) is 12.1 Å². The molecule has 1 N–H and O–H groups in total. The molecular weight excluding hydrogens is 252 g/mol. The Balaban J connectivity index is 3.34. The standard InChI is InChI=1S/C11H8N4O4/c12-3-5-14(6-4-13)10-2-1-8(15(18)19)7-9(10)11(16)17/h1-2,7H,5-6H2,(H,16,17). The fraction of sp³-hybridized carbons (Fsp3) is 0.182. The second-order valence-electron chi connectivity index (χ2n) is 3.44. The molecule has 0 saturated carbocycles. The summed E-state index contributed by atoms with van der Waals surface area (Å²) < 4.78 is 0. The van der Waals surface area contributed by atoms with E-state index in [1.807, 2.05) is 0 Å². The molecule has 1 aromatic carbocycles. The van der Waals surface area contributed by atoms with Crippen molar-refractivity contribution in [3.63, 3.8) is 0 Å². The number of carbonyl (C=O) groups is 1. The van der Waals surface area contributed by atoms with Crippen LogP contribution in [0.2, 0.25) is 0 Å². The first kappa shape index (κ1) is 13.9. The number of nitro benzene ring substituents is 1. The number of carboxylic acid groups (broad SMARTS) is 1. The highest BCUT2D eigenvalue weighted by Gasteiger charge is 2.19. The van der Waals surface area contributed by atoms with Crippen LogP contribution < -0.4 is 4.90 Å². The zero-order valence-electron chi connectivity index (χ0n) is 9.61. The molecule has 0 spiro atoms. The Hall–Kier alpha value is -3.13. The van der Waals surface area contributed by atoms with Crippen LogP contribution in [0.5, 0.6) is 0 Å². The number of hydrogen-bond acceptors (Lipinski definition) is 6. The molecule has 0 radical (unpaired) electrons. The molecule has 8 nitrogen and oxygen atoms in total. The van der Waals surface area contributed by atoms with E-state index >= 15 is 0 Å². The molecule has 0 bridgehead atoms. The van der Waals surface area contributed by atoms with E-state index in [-0.39, 0.29) is 30.0 Å². The molecule has 0 aliphatic heterocycles. The van der Waals surface area contributed by atoms with Crippen LogP contribution in [0.25, 0.3) is 0 Å².